The summed E-state index contributed by atoms with van der Waals surface area (Å²) in [7, 11) is 0. The highest BCUT2D eigenvalue weighted by atomic mass is 16.4. The van der Waals surface area contributed by atoms with Crippen LogP contribution in [-0.2, 0) is 4.79 Å². The van der Waals surface area contributed by atoms with Crippen LogP contribution in [-0.4, -0.2) is 37.5 Å². The fraction of sp³-hybridized carbons (Fsp3) is 0.333. The average molecular weight is 213 g/mol. The molecule has 0 bridgehead atoms. The topological polar surface area (TPSA) is 111 Å². The van der Waals surface area contributed by atoms with E-state index in [4.69, 9.17) is 10.2 Å². The van der Waals surface area contributed by atoms with Crippen LogP contribution in [0, 0.1) is 0 Å². The van der Waals surface area contributed by atoms with E-state index in [0.29, 0.717) is 0 Å². The molecule has 1 aromatic rings. The van der Waals surface area contributed by atoms with Crippen molar-refractivity contribution in [3.05, 3.63) is 24.0 Å². The molecule has 0 amide bonds. The van der Waals surface area contributed by atoms with Gasteiger partial charge in [0.15, 0.2) is 0 Å². The maximum atomic E-state index is 10.3. The summed E-state index contributed by atoms with van der Waals surface area (Å²) in [5.74, 6) is -1.37. The van der Waals surface area contributed by atoms with Crippen molar-refractivity contribution < 1.29 is 25.2 Å². The number of aliphatic hydroxyl groups excluding tert-OH is 2. The third-order valence-electron chi connectivity index (χ3n) is 1.83. The van der Waals surface area contributed by atoms with Gasteiger partial charge in [0.2, 0.25) is 0 Å². The lowest BCUT2D eigenvalue weighted by molar-refractivity contribution is -0.141. The van der Waals surface area contributed by atoms with Crippen molar-refractivity contribution in [2.45, 2.75) is 18.6 Å². The molecule has 0 spiro atoms. The Morgan fingerprint density at radius 3 is 2.60 bits per heavy atom. The molecule has 0 fully saturated rings. The maximum absolute atomic E-state index is 10.3. The zero-order valence-electron chi connectivity index (χ0n) is 7.74. The maximum Gasteiger partial charge on any atom is 0.306 e. The normalized spacial score (nSPS) is 14.5. The van der Waals surface area contributed by atoms with Gasteiger partial charge in [0.1, 0.15) is 11.9 Å². The number of aromatic nitrogens is 1. The van der Waals surface area contributed by atoms with Crippen molar-refractivity contribution in [1.29, 1.82) is 0 Å². The summed E-state index contributed by atoms with van der Waals surface area (Å²) in [5, 5.41) is 36.2. The molecule has 0 saturated heterocycles. The van der Waals surface area contributed by atoms with Gasteiger partial charge in [-0.3, -0.25) is 9.78 Å². The second-order valence-electron chi connectivity index (χ2n) is 3.09. The lowest BCUT2D eigenvalue weighted by Gasteiger charge is -2.15. The zero-order chi connectivity index (χ0) is 11.4. The molecule has 0 saturated carbocycles. The van der Waals surface area contributed by atoms with E-state index in [0.717, 1.165) is 0 Å². The summed E-state index contributed by atoms with van der Waals surface area (Å²) in [6, 6.07) is 1.21. The van der Waals surface area contributed by atoms with Gasteiger partial charge in [-0.1, -0.05) is 0 Å². The third-order valence-corrected chi connectivity index (χ3v) is 1.83. The van der Waals surface area contributed by atoms with Gasteiger partial charge in [-0.15, -0.1) is 0 Å². The number of rotatable bonds is 4. The first-order valence-electron chi connectivity index (χ1n) is 4.22. The molecule has 0 radical (unpaired) electrons. The Morgan fingerprint density at radius 1 is 1.40 bits per heavy atom. The van der Waals surface area contributed by atoms with Gasteiger partial charge >= 0.3 is 5.97 Å². The summed E-state index contributed by atoms with van der Waals surface area (Å²) < 4.78 is 0. The van der Waals surface area contributed by atoms with Gasteiger partial charge in [0.25, 0.3) is 0 Å². The Bertz CT molecular complexity index is 354. The predicted octanol–water partition coefficient (Wildman–Crippen LogP) is -0.344. The number of nitrogens with zero attached hydrogens (tertiary/aromatic N) is 1. The fourth-order valence-corrected chi connectivity index (χ4v) is 1.12. The van der Waals surface area contributed by atoms with Gasteiger partial charge in [0.05, 0.1) is 18.7 Å². The summed E-state index contributed by atoms with van der Waals surface area (Å²) >= 11 is 0. The molecule has 6 heteroatoms. The Labute approximate surface area is 85.4 Å². The zero-order valence-corrected chi connectivity index (χ0v) is 7.74. The first kappa shape index (κ1) is 11.4. The number of aromatic hydroxyl groups is 1. The standard InChI is InChI=1S/C9H11NO5/c11-6-1-5(3-10-4-6)9(15)7(12)2-8(13)14/h1,3-4,7,9,11-12,15H,2H2,(H,13,14). The molecular formula is C9H11NO5. The predicted molar refractivity (Wildman–Crippen MR) is 49.1 cm³/mol. The molecule has 4 N–H and O–H groups in total. The number of aliphatic hydroxyl groups is 2. The van der Waals surface area contributed by atoms with Crippen LogP contribution in [0.2, 0.25) is 0 Å². The van der Waals surface area contributed by atoms with Crippen LogP contribution >= 0.6 is 0 Å². The molecule has 6 nitrogen and oxygen atoms in total. The smallest absolute Gasteiger partial charge is 0.306 e. The van der Waals surface area contributed by atoms with Crippen molar-refractivity contribution in [1.82, 2.24) is 4.98 Å². The van der Waals surface area contributed by atoms with E-state index in [2.05, 4.69) is 4.98 Å². The van der Waals surface area contributed by atoms with Gasteiger partial charge in [-0.2, -0.15) is 0 Å². The number of hydrogen-bond acceptors (Lipinski definition) is 5. The van der Waals surface area contributed by atoms with E-state index < -0.39 is 24.6 Å². The first-order valence-corrected chi connectivity index (χ1v) is 4.22. The van der Waals surface area contributed by atoms with Crippen LogP contribution in [0.25, 0.3) is 0 Å². The van der Waals surface area contributed by atoms with Gasteiger partial charge in [-0.05, 0) is 6.07 Å². The van der Waals surface area contributed by atoms with E-state index in [9.17, 15) is 15.0 Å². The number of hydrogen-bond donors (Lipinski definition) is 4. The molecule has 2 atom stereocenters. The molecular weight excluding hydrogens is 202 g/mol. The van der Waals surface area contributed by atoms with Crippen molar-refractivity contribution in [2.75, 3.05) is 0 Å². The van der Waals surface area contributed by atoms with Crippen molar-refractivity contribution in [2.24, 2.45) is 0 Å². The lowest BCUT2D eigenvalue weighted by atomic mass is 10.0. The molecule has 1 heterocycles. The lowest BCUT2D eigenvalue weighted by Crippen LogP contribution is -2.21. The van der Waals surface area contributed by atoms with Crippen molar-refractivity contribution in [3.63, 3.8) is 0 Å². The fourth-order valence-electron chi connectivity index (χ4n) is 1.12. The minimum atomic E-state index is -1.42. The molecule has 0 aliphatic heterocycles. The SMILES string of the molecule is O=C(O)CC(O)C(O)c1cncc(O)c1. The molecule has 1 rings (SSSR count). The van der Waals surface area contributed by atoms with Gasteiger partial charge < -0.3 is 20.4 Å². The molecule has 15 heavy (non-hydrogen) atoms. The Balaban J connectivity index is 2.75. The second-order valence-corrected chi connectivity index (χ2v) is 3.09. The number of carboxylic acid groups (broad SMARTS) is 1. The summed E-state index contributed by atoms with van der Waals surface area (Å²) in [6.07, 6.45) is -0.960. The highest BCUT2D eigenvalue weighted by molar-refractivity contribution is 5.67. The molecule has 1 aromatic heterocycles. The van der Waals surface area contributed by atoms with E-state index >= 15 is 0 Å². The summed E-state index contributed by atoms with van der Waals surface area (Å²) in [6.45, 7) is 0. The van der Waals surface area contributed by atoms with Gasteiger partial charge in [-0.25, -0.2) is 0 Å². The van der Waals surface area contributed by atoms with E-state index in [1.807, 2.05) is 0 Å². The van der Waals surface area contributed by atoms with E-state index in [1.54, 1.807) is 0 Å². The average Bonchev–Trinajstić information content (AvgIpc) is 2.15. The van der Waals surface area contributed by atoms with E-state index in [-0.39, 0.29) is 11.3 Å². The second kappa shape index (κ2) is 4.72. The Kier molecular flexibility index (Phi) is 3.59. The largest absolute Gasteiger partial charge is 0.506 e. The third kappa shape index (κ3) is 3.19. The van der Waals surface area contributed by atoms with Crippen molar-refractivity contribution in [3.8, 4) is 5.75 Å². The van der Waals surface area contributed by atoms with Crippen molar-refractivity contribution >= 4 is 5.97 Å². The Hall–Kier alpha value is -1.66. The molecule has 0 aliphatic carbocycles. The number of aliphatic carboxylic acids is 1. The van der Waals surface area contributed by atoms with Crippen LogP contribution in [0.5, 0.6) is 5.75 Å². The highest BCUT2D eigenvalue weighted by Crippen LogP contribution is 2.21. The monoisotopic (exact) mass is 213 g/mol. The molecule has 0 aromatic carbocycles. The Morgan fingerprint density at radius 2 is 2.07 bits per heavy atom. The molecule has 0 aliphatic rings. The molecule has 2 unspecified atom stereocenters. The van der Waals surface area contributed by atoms with Crippen LogP contribution < -0.4 is 0 Å². The first-order chi connectivity index (χ1) is 7.00. The van der Waals surface area contributed by atoms with Gasteiger partial charge in [0, 0.05) is 11.8 Å². The van der Waals surface area contributed by atoms with Crippen LogP contribution in [0.1, 0.15) is 18.1 Å². The minimum Gasteiger partial charge on any atom is -0.506 e. The van der Waals surface area contributed by atoms with Crippen LogP contribution in [0.4, 0.5) is 0 Å². The number of pyridine rings is 1. The number of carbonyl (C=O) groups is 1. The quantitative estimate of drug-likeness (QED) is 0.544. The highest BCUT2D eigenvalue weighted by Gasteiger charge is 2.21. The summed E-state index contributed by atoms with van der Waals surface area (Å²) in [4.78, 5) is 13.9. The molecule has 82 valence electrons. The summed E-state index contributed by atoms with van der Waals surface area (Å²) in [5.41, 5.74) is 0.170. The number of carboxylic acids is 1. The van der Waals surface area contributed by atoms with Crippen LogP contribution in [0.3, 0.4) is 0 Å². The minimum absolute atomic E-state index is 0.158. The van der Waals surface area contributed by atoms with E-state index in [1.165, 1.54) is 18.5 Å². The van der Waals surface area contributed by atoms with Crippen LogP contribution in [0.15, 0.2) is 18.5 Å².